The zero-order valence-electron chi connectivity index (χ0n) is 19.7. The molecule has 1 aliphatic heterocycles. The molecule has 4 aliphatic carbocycles. The molecule has 3 saturated carbocycles. The van der Waals surface area contributed by atoms with E-state index in [-0.39, 0.29) is 11.5 Å². The number of fused-ring (bicyclic) bond motifs is 8. The van der Waals surface area contributed by atoms with Gasteiger partial charge >= 0.3 is 0 Å². The minimum absolute atomic E-state index is 0.188. The first-order chi connectivity index (χ1) is 14.0. The van der Waals surface area contributed by atoms with Crippen LogP contribution in [-0.2, 0) is 9.53 Å². The molecule has 5 aliphatic rings. The Kier molecular flexibility index (Phi) is 4.88. The van der Waals surface area contributed by atoms with Crippen molar-refractivity contribution in [1.29, 1.82) is 0 Å². The van der Waals surface area contributed by atoms with Crippen molar-refractivity contribution in [2.45, 2.75) is 110 Å². The Balaban J connectivity index is 1.34. The van der Waals surface area contributed by atoms with Crippen molar-refractivity contribution in [1.82, 2.24) is 0 Å². The topological polar surface area (TPSA) is 49.8 Å². The predicted octanol–water partition coefficient (Wildman–Crippen LogP) is 5.70. The maximum absolute atomic E-state index is 12.1. The fraction of sp³-hybridized carbons (Fsp3) is 0.889. The van der Waals surface area contributed by atoms with E-state index in [4.69, 9.17) is 4.74 Å². The lowest BCUT2D eigenvalue weighted by molar-refractivity contribution is -0.117. The first-order valence-electron chi connectivity index (χ1n) is 12.7. The van der Waals surface area contributed by atoms with Crippen molar-refractivity contribution in [2.75, 3.05) is 0 Å². The number of hydrogen-bond donors (Lipinski definition) is 1. The van der Waals surface area contributed by atoms with Crippen LogP contribution in [0, 0.1) is 40.4 Å². The van der Waals surface area contributed by atoms with Crippen molar-refractivity contribution in [2.24, 2.45) is 40.4 Å². The second kappa shape index (κ2) is 6.91. The van der Waals surface area contributed by atoms with Gasteiger partial charge in [-0.3, -0.25) is 4.79 Å². The molecule has 0 aromatic carbocycles. The zero-order chi connectivity index (χ0) is 21.5. The second-order valence-electron chi connectivity index (χ2n) is 12.7. The minimum Gasteiger partial charge on any atom is -0.390 e. The summed E-state index contributed by atoms with van der Waals surface area (Å²) in [7, 11) is 0. The summed E-state index contributed by atoms with van der Waals surface area (Å²) in [5, 5.41) is 10.1. The van der Waals surface area contributed by atoms with E-state index in [1.165, 1.54) is 37.7 Å². The lowest BCUT2D eigenvalue weighted by atomic mass is 9.46. The average Bonchev–Trinajstić information content (AvgIpc) is 3.36. The van der Waals surface area contributed by atoms with Gasteiger partial charge in [-0.15, -0.1) is 0 Å². The van der Waals surface area contributed by atoms with Crippen LogP contribution in [0.3, 0.4) is 0 Å². The minimum atomic E-state index is -0.539. The van der Waals surface area contributed by atoms with Crippen LogP contribution in [0.1, 0.15) is 92.4 Å². The lowest BCUT2D eigenvalue weighted by Crippen LogP contribution is -2.53. The largest absolute Gasteiger partial charge is 0.390 e. The molecule has 0 aromatic rings. The molecule has 4 fully saturated rings. The second-order valence-corrected chi connectivity index (χ2v) is 12.7. The summed E-state index contributed by atoms with van der Waals surface area (Å²) in [6, 6.07) is 0. The number of rotatable bonds is 5. The number of aliphatic hydroxyl groups is 1. The van der Waals surface area contributed by atoms with E-state index in [0.717, 1.165) is 43.4 Å². The highest BCUT2D eigenvalue weighted by atomic mass is 16.6. The van der Waals surface area contributed by atoms with Crippen LogP contribution >= 0.6 is 0 Å². The van der Waals surface area contributed by atoms with Gasteiger partial charge in [-0.1, -0.05) is 33.6 Å². The summed E-state index contributed by atoms with van der Waals surface area (Å²) >= 11 is 0. The van der Waals surface area contributed by atoms with Crippen LogP contribution in [0.5, 0.6) is 0 Å². The van der Waals surface area contributed by atoms with E-state index in [9.17, 15) is 9.90 Å². The molecule has 168 valence electrons. The van der Waals surface area contributed by atoms with Gasteiger partial charge in [-0.2, -0.15) is 0 Å². The van der Waals surface area contributed by atoms with E-state index >= 15 is 0 Å². The summed E-state index contributed by atoms with van der Waals surface area (Å²) in [6.45, 7) is 11.4. The monoisotopic (exact) mass is 414 g/mol. The Morgan fingerprint density at radius 2 is 1.97 bits per heavy atom. The Labute approximate surface area is 183 Å². The molecule has 5 rings (SSSR count). The van der Waals surface area contributed by atoms with Gasteiger partial charge in [0.15, 0.2) is 5.78 Å². The normalized spacial score (nSPS) is 48.2. The maximum atomic E-state index is 12.1. The van der Waals surface area contributed by atoms with Crippen LogP contribution in [-0.4, -0.2) is 28.7 Å². The lowest BCUT2D eigenvalue weighted by Gasteiger charge is -2.57. The van der Waals surface area contributed by atoms with Gasteiger partial charge in [0.05, 0.1) is 11.7 Å². The van der Waals surface area contributed by atoms with E-state index in [1.807, 2.05) is 19.9 Å². The molecule has 1 N–H and O–H groups in total. The third kappa shape index (κ3) is 3.17. The molecule has 3 heteroatoms. The first kappa shape index (κ1) is 21.2. The van der Waals surface area contributed by atoms with Gasteiger partial charge in [0.2, 0.25) is 0 Å². The standard InChI is InChI=1S/C27H42O3/c1-16(7-6-12-25(2,3)29)18-8-9-19-22-20(11-14-26(18,19)4)27(5)13-10-17(28)15-21(27)23-24(22)30-23/h15-16,18-20,22-24,29H,6-14H2,1-5H3/t16-,18-,19+,20+,22+,23?,24?,26-,27-/m1/s1. The fourth-order valence-electron chi connectivity index (χ4n) is 8.84. The van der Waals surface area contributed by atoms with Crippen LogP contribution < -0.4 is 0 Å². The quantitative estimate of drug-likeness (QED) is 0.587. The molecular formula is C27H42O3. The average molecular weight is 415 g/mol. The van der Waals surface area contributed by atoms with Crippen molar-refractivity contribution in [3.05, 3.63) is 11.6 Å². The van der Waals surface area contributed by atoms with Gasteiger partial charge in [0.1, 0.15) is 6.10 Å². The highest BCUT2D eigenvalue weighted by molar-refractivity contribution is 5.92. The summed E-state index contributed by atoms with van der Waals surface area (Å²) in [6.07, 6.45) is 13.0. The van der Waals surface area contributed by atoms with Gasteiger partial charge in [-0.25, -0.2) is 0 Å². The molecule has 9 atom stereocenters. The first-order valence-corrected chi connectivity index (χ1v) is 12.7. The summed E-state index contributed by atoms with van der Waals surface area (Å²) in [5.41, 5.74) is 1.44. The molecule has 0 bridgehead atoms. The summed E-state index contributed by atoms with van der Waals surface area (Å²) in [4.78, 5) is 12.1. The van der Waals surface area contributed by atoms with Gasteiger partial charge in [-0.05, 0) is 104 Å². The molecular weight excluding hydrogens is 372 g/mol. The van der Waals surface area contributed by atoms with Crippen LogP contribution in [0.15, 0.2) is 11.6 Å². The molecule has 1 heterocycles. The zero-order valence-corrected chi connectivity index (χ0v) is 19.7. The molecule has 1 saturated heterocycles. The van der Waals surface area contributed by atoms with Crippen molar-refractivity contribution < 1.29 is 14.6 Å². The number of hydrogen-bond acceptors (Lipinski definition) is 3. The Bertz CT molecular complexity index is 748. The molecule has 0 aromatic heterocycles. The highest BCUT2D eigenvalue weighted by Gasteiger charge is 2.69. The van der Waals surface area contributed by atoms with E-state index in [2.05, 4.69) is 20.8 Å². The molecule has 0 spiro atoms. The number of carbonyl (C=O) groups excluding carboxylic acids is 1. The van der Waals surface area contributed by atoms with Crippen molar-refractivity contribution in [3.63, 3.8) is 0 Å². The number of epoxide rings is 1. The molecule has 0 radical (unpaired) electrons. The molecule has 3 nitrogen and oxygen atoms in total. The third-order valence-corrected chi connectivity index (χ3v) is 10.4. The molecule has 30 heavy (non-hydrogen) atoms. The molecule has 0 amide bonds. The fourth-order valence-corrected chi connectivity index (χ4v) is 8.84. The Morgan fingerprint density at radius 1 is 1.20 bits per heavy atom. The van der Waals surface area contributed by atoms with Crippen LogP contribution in [0.2, 0.25) is 0 Å². The van der Waals surface area contributed by atoms with Crippen LogP contribution in [0.4, 0.5) is 0 Å². The number of carbonyl (C=O) groups is 1. The van der Waals surface area contributed by atoms with Crippen LogP contribution in [0.25, 0.3) is 0 Å². The van der Waals surface area contributed by atoms with Crippen molar-refractivity contribution >= 4 is 5.78 Å². The van der Waals surface area contributed by atoms with E-state index in [0.29, 0.717) is 29.1 Å². The Morgan fingerprint density at radius 3 is 2.70 bits per heavy atom. The summed E-state index contributed by atoms with van der Waals surface area (Å²) in [5.74, 6) is 4.03. The molecule has 2 unspecified atom stereocenters. The highest BCUT2D eigenvalue weighted by Crippen LogP contribution is 2.70. The predicted molar refractivity (Wildman–Crippen MR) is 119 cm³/mol. The van der Waals surface area contributed by atoms with Gasteiger partial charge < -0.3 is 9.84 Å². The SMILES string of the molecule is C[C@H](CCCC(C)(C)O)[C@H]1CC[C@H]2[C@@H]3C4OC4C4=CC(=O)CC[C@]4(C)[C@H]3CC[C@]12C. The number of ether oxygens (including phenoxy) is 1. The maximum Gasteiger partial charge on any atom is 0.155 e. The third-order valence-electron chi connectivity index (χ3n) is 10.4. The van der Waals surface area contributed by atoms with Gasteiger partial charge in [0, 0.05) is 6.42 Å². The van der Waals surface area contributed by atoms with E-state index < -0.39 is 5.60 Å². The summed E-state index contributed by atoms with van der Waals surface area (Å²) < 4.78 is 6.33. The van der Waals surface area contributed by atoms with Gasteiger partial charge in [0.25, 0.3) is 0 Å². The number of ketones is 1. The smallest absolute Gasteiger partial charge is 0.155 e. The Hall–Kier alpha value is -0.670. The van der Waals surface area contributed by atoms with E-state index in [1.54, 1.807) is 0 Å². The van der Waals surface area contributed by atoms with Crippen molar-refractivity contribution in [3.8, 4) is 0 Å².